The Morgan fingerprint density at radius 3 is 2.52 bits per heavy atom. The fourth-order valence-electron chi connectivity index (χ4n) is 1.85. The average molecular weight is 393 g/mol. The second-order valence-corrected chi connectivity index (χ2v) is 7.96. The predicted octanol–water partition coefficient (Wildman–Crippen LogP) is 0.898. The number of halogens is 1. The molecule has 0 aliphatic heterocycles. The molecule has 0 aromatic heterocycles. The Bertz CT molecular complexity index is 736. The van der Waals surface area contributed by atoms with Crippen molar-refractivity contribution >= 4 is 33.5 Å². The van der Waals surface area contributed by atoms with Gasteiger partial charge in [-0.15, -0.1) is 0 Å². The van der Waals surface area contributed by atoms with Gasteiger partial charge in [0.1, 0.15) is 4.90 Å². The summed E-state index contributed by atoms with van der Waals surface area (Å²) in [5.74, 6) is -1.32. The fraction of sp³-hybridized carbons (Fsp3) is 0.467. The molecule has 25 heavy (non-hydrogen) atoms. The summed E-state index contributed by atoms with van der Waals surface area (Å²) >= 11 is 5.91. The van der Waals surface area contributed by atoms with Gasteiger partial charge in [-0.3, -0.25) is 4.79 Å². The lowest BCUT2D eigenvalue weighted by Crippen LogP contribution is -2.38. The maximum absolute atomic E-state index is 12.2. The van der Waals surface area contributed by atoms with Crippen LogP contribution >= 0.6 is 11.6 Å². The number of hydrogen-bond acceptors (Lipinski definition) is 6. The summed E-state index contributed by atoms with van der Waals surface area (Å²) in [7, 11) is 0.385. The first-order chi connectivity index (χ1) is 11.6. The van der Waals surface area contributed by atoms with Crippen LogP contribution in [0.3, 0.4) is 0 Å². The summed E-state index contributed by atoms with van der Waals surface area (Å²) in [6, 6.07) is 3.49. The minimum atomic E-state index is -3.82. The van der Waals surface area contributed by atoms with Gasteiger partial charge in [0.25, 0.3) is 5.91 Å². The van der Waals surface area contributed by atoms with E-state index in [1.807, 2.05) is 0 Å². The molecule has 140 valence electrons. The Morgan fingerprint density at radius 2 is 1.96 bits per heavy atom. The average Bonchev–Trinajstić information content (AvgIpc) is 2.52. The minimum Gasteiger partial charge on any atom is -0.452 e. The van der Waals surface area contributed by atoms with Crippen LogP contribution in [0.5, 0.6) is 0 Å². The zero-order valence-corrected chi connectivity index (χ0v) is 16.0. The van der Waals surface area contributed by atoms with Crippen molar-refractivity contribution in [3.05, 3.63) is 28.8 Å². The first-order valence-electron chi connectivity index (χ1n) is 7.27. The maximum atomic E-state index is 12.2. The second kappa shape index (κ2) is 9.14. The Kier molecular flexibility index (Phi) is 7.81. The number of amides is 1. The van der Waals surface area contributed by atoms with E-state index in [-0.39, 0.29) is 21.5 Å². The van der Waals surface area contributed by atoms with Gasteiger partial charge in [0.05, 0.1) is 17.2 Å². The van der Waals surface area contributed by atoms with E-state index in [1.54, 1.807) is 6.92 Å². The number of sulfonamides is 1. The predicted molar refractivity (Wildman–Crippen MR) is 92.1 cm³/mol. The molecule has 1 N–H and O–H groups in total. The first kappa shape index (κ1) is 21.4. The molecule has 0 spiro atoms. The molecule has 0 saturated carbocycles. The minimum absolute atomic E-state index is 0.0172. The second-order valence-electron chi connectivity index (χ2n) is 5.43. The summed E-state index contributed by atoms with van der Waals surface area (Å²) < 4.78 is 35.1. The van der Waals surface area contributed by atoms with E-state index < -0.39 is 28.5 Å². The number of nitrogens with zero attached hydrogens (tertiary/aromatic N) is 1. The van der Waals surface area contributed by atoms with E-state index in [9.17, 15) is 18.0 Å². The first-order valence-corrected chi connectivity index (χ1v) is 9.09. The summed E-state index contributed by atoms with van der Waals surface area (Å²) in [5, 5.41) is 2.57. The molecule has 0 aliphatic carbocycles. The van der Waals surface area contributed by atoms with Crippen molar-refractivity contribution < 1.29 is 27.5 Å². The summed E-state index contributed by atoms with van der Waals surface area (Å²) in [6.07, 6.45) is 0. The molecule has 1 amide bonds. The summed E-state index contributed by atoms with van der Waals surface area (Å²) in [6.45, 7) is 1.56. The number of carbonyl (C=O) groups excluding carboxylic acids is 2. The lowest BCUT2D eigenvalue weighted by Gasteiger charge is -2.14. The van der Waals surface area contributed by atoms with E-state index >= 15 is 0 Å². The van der Waals surface area contributed by atoms with Crippen LogP contribution in [0.2, 0.25) is 5.02 Å². The van der Waals surface area contributed by atoms with Crippen molar-refractivity contribution in [3.63, 3.8) is 0 Å². The number of rotatable bonds is 8. The van der Waals surface area contributed by atoms with Crippen LogP contribution in [-0.4, -0.2) is 65.1 Å². The number of benzene rings is 1. The van der Waals surface area contributed by atoms with Crippen LogP contribution < -0.4 is 5.32 Å². The highest BCUT2D eigenvalue weighted by Crippen LogP contribution is 2.25. The van der Waals surface area contributed by atoms with Crippen molar-refractivity contribution in [2.45, 2.75) is 17.9 Å². The highest BCUT2D eigenvalue weighted by molar-refractivity contribution is 7.89. The van der Waals surface area contributed by atoms with E-state index in [2.05, 4.69) is 5.32 Å². The standard InChI is InChI=1S/C15H21ClN2O6S/c1-10(8-23-4)17-14(19)9-24-15(20)11-5-6-12(16)13(7-11)25(21,22)18(2)3/h5-7,10H,8-9H2,1-4H3,(H,17,19). The molecule has 1 aromatic carbocycles. The molecule has 1 rings (SSSR count). The Labute approximate surface area is 152 Å². The molecule has 1 atom stereocenters. The summed E-state index contributed by atoms with van der Waals surface area (Å²) in [5.41, 5.74) is -0.0254. The molecule has 1 unspecified atom stereocenters. The van der Waals surface area contributed by atoms with Gasteiger partial charge >= 0.3 is 5.97 Å². The lowest BCUT2D eigenvalue weighted by atomic mass is 10.2. The van der Waals surface area contributed by atoms with Crippen LogP contribution in [0.1, 0.15) is 17.3 Å². The van der Waals surface area contributed by atoms with Crippen LogP contribution in [0.25, 0.3) is 0 Å². The van der Waals surface area contributed by atoms with E-state index in [1.165, 1.54) is 33.3 Å². The van der Waals surface area contributed by atoms with E-state index in [4.69, 9.17) is 21.1 Å². The molecular weight excluding hydrogens is 372 g/mol. The zero-order chi connectivity index (χ0) is 19.2. The largest absolute Gasteiger partial charge is 0.452 e. The molecule has 10 heteroatoms. The van der Waals surface area contributed by atoms with Crippen molar-refractivity contribution in [1.29, 1.82) is 0 Å². The maximum Gasteiger partial charge on any atom is 0.338 e. The van der Waals surface area contributed by atoms with Gasteiger partial charge in [-0.25, -0.2) is 17.5 Å². The van der Waals surface area contributed by atoms with Crippen LogP contribution in [-0.2, 0) is 24.3 Å². The number of hydrogen-bond donors (Lipinski definition) is 1. The van der Waals surface area contributed by atoms with Gasteiger partial charge < -0.3 is 14.8 Å². The summed E-state index contributed by atoms with van der Waals surface area (Å²) in [4.78, 5) is 23.5. The van der Waals surface area contributed by atoms with Crippen LogP contribution in [0.15, 0.2) is 23.1 Å². The SMILES string of the molecule is COCC(C)NC(=O)COC(=O)c1ccc(Cl)c(S(=O)(=O)N(C)C)c1. The van der Waals surface area contributed by atoms with E-state index in [0.29, 0.717) is 6.61 Å². The Balaban J connectivity index is 2.82. The molecule has 8 nitrogen and oxygen atoms in total. The van der Waals surface area contributed by atoms with Gasteiger partial charge in [-0.1, -0.05) is 11.6 Å². The molecular formula is C15H21ClN2O6S. The fourth-order valence-corrected chi connectivity index (χ4v) is 3.24. The smallest absolute Gasteiger partial charge is 0.338 e. The molecule has 0 saturated heterocycles. The third kappa shape index (κ3) is 5.96. The number of methoxy groups -OCH3 is 1. The number of carbonyl (C=O) groups is 2. The monoisotopic (exact) mass is 392 g/mol. The Morgan fingerprint density at radius 1 is 1.32 bits per heavy atom. The molecule has 0 heterocycles. The molecule has 0 fully saturated rings. The molecule has 0 aliphatic rings. The van der Waals surface area contributed by atoms with Crippen LogP contribution in [0, 0.1) is 0 Å². The topological polar surface area (TPSA) is 102 Å². The van der Waals surface area contributed by atoms with Crippen molar-refractivity contribution in [1.82, 2.24) is 9.62 Å². The van der Waals surface area contributed by atoms with Gasteiger partial charge in [-0.05, 0) is 25.1 Å². The normalized spacial score (nSPS) is 12.7. The quantitative estimate of drug-likeness (QED) is 0.659. The lowest BCUT2D eigenvalue weighted by molar-refractivity contribution is -0.125. The van der Waals surface area contributed by atoms with Crippen molar-refractivity contribution in [2.75, 3.05) is 34.4 Å². The third-order valence-corrected chi connectivity index (χ3v) is 5.38. The number of nitrogens with one attached hydrogen (secondary N) is 1. The number of ether oxygens (including phenoxy) is 2. The highest BCUT2D eigenvalue weighted by atomic mass is 35.5. The third-order valence-electron chi connectivity index (χ3n) is 3.08. The molecule has 0 radical (unpaired) electrons. The van der Waals surface area contributed by atoms with Crippen molar-refractivity contribution in [3.8, 4) is 0 Å². The van der Waals surface area contributed by atoms with Crippen LogP contribution in [0.4, 0.5) is 0 Å². The van der Waals surface area contributed by atoms with Gasteiger partial charge in [-0.2, -0.15) is 0 Å². The zero-order valence-electron chi connectivity index (χ0n) is 14.4. The van der Waals surface area contributed by atoms with Crippen molar-refractivity contribution in [2.24, 2.45) is 0 Å². The van der Waals surface area contributed by atoms with Gasteiger partial charge in [0.15, 0.2) is 6.61 Å². The number of esters is 1. The van der Waals surface area contributed by atoms with E-state index in [0.717, 1.165) is 10.4 Å². The Hall–Kier alpha value is -1.68. The molecule has 1 aromatic rings. The highest BCUT2D eigenvalue weighted by Gasteiger charge is 2.23. The van der Waals surface area contributed by atoms with Gasteiger partial charge in [0.2, 0.25) is 10.0 Å². The molecule has 0 bridgehead atoms. The van der Waals surface area contributed by atoms with Gasteiger partial charge in [0, 0.05) is 27.2 Å².